The lowest BCUT2D eigenvalue weighted by molar-refractivity contribution is -0.131. The molecule has 0 bridgehead atoms. The van der Waals surface area contributed by atoms with Crippen molar-refractivity contribution in [2.45, 2.75) is 38.0 Å². The van der Waals surface area contributed by atoms with E-state index in [1.807, 2.05) is 4.90 Å². The Morgan fingerprint density at radius 3 is 2.57 bits per heavy atom. The van der Waals surface area contributed by atoms with Gasteiger partial charge >= 0.3 is 5.63 Å². The molecular formula is C30H33N3O4. The van der Waals surface area contributed by atoms with E-state index in [2.05, 4.69) is 40.3 Å². The molecule has 0 saturated carbocycles. The second kappa shape index (κ2) is 10.1. The number of phenols is 1. The molecule has 0 radical (unpaired) electrons. The van der Waals surface area contributed by atoms with Crippen molar-refractivity contribution >= 4 is 27.8 Å². The number of rotatable bonds is 5. The maximum absolute atomic E-state index is 13.1. The van der Waals surface area contributed by atoms with Crippen LogP contribution in [0.5, 0.6) is 5.75 Å². The quantitative estimate of drug-likeness (QED) is 0.391. The maximum Gasteiger partial charge on any atom is 0.336 e. The second-order valence-electron chi connectivity index (χ2n) is 10.6. The van der Waals surface area contributed by atoms with Crippen molar-refractivity contribution < 1.29 is 14.3 Å². The summed E-state index contributed by atoms with van der Waals surface area (Å²) in [5.74, 6) is 1.30. The van der Waals surface area contributed by atoms with Gasteiger partial charge in [0.05, 0.1) is 6.42 Å². The third kappa shape index (κ3) is 5.01. The SMILES string of the molecule is O=C(Cc1cc(=O)oc2cc(O)ccc12)N1CCC(CN2CCC(c3c[nH]c4ccccc34)CC2)CC1. The standard InChI is InChI=1S/C30H33N3O4/c34-23-5-6-24-22(16-30(36)37-28(24)17-23)15-29(35)33-13-7-20(8-14-33)19-32-11-9-21(10-12-32)26-18-31-27-4-2-1-3-25(26)27/h1-6,16-18,20-21,31,34H,7-15,19H2. The summed E-state index contributed by atoms with van der Waals surface area (Å²) < 4.78 is 5.20. The average Bonchev–Trinajstić information content (AvgIpc) is 3.33. The van der Waals surface area contributed by atoms with E-state index in [1.165, 1.54) is 41.4 Å². The predicted molar refractivity (Wildman–Crippen MR) is 144 cm³/mol. The molecule has 2 aromatic heterocycles. The lowest BCUT2D eigenvalue weighted by Crippen LogP contribution is -2.43. The van der Waals surface area contributed by atoms with Crippen molar-refractivity contribution in [3.63, 3.8) is 0 Å². The molecule has 2 aliphatic rings. The number of piperidine rings is 2. The van der Waals surface area contributed by atoms with Crippen LogP contribution in [0.2, 0.25) is 0 Å². The number of phenolic OH excluding ortho intramolecular Hbond substituents is 1. The zero-order chi connectivity index (χ0) is 25.4. The average molecular weight is 500 g/mol. The van der Waals surface area contributed by atoms with E-state index in [4.69, 9.17) is 4.42 Å². The highest BCUT2D eigenvalue weighted by atomic mass is 16.4. The number of benzene rings is 2. The maximum atomic E-state index is 13.1. The lowest BCUT2D eigenvalue weighted by Gasteiger charge is -2.37. The van der Waals surface area contributed by atoms with Gasteiger partial charge < -0.3 is 24.3 Å². The van der Waals surface area contributed by atoms with Crippen LogP contribution in [0.1, 0.15) is 42.7 Å². The van der Waals surface area contributed by atoms with Gasteiger partial charge in [-0.3, -0.25) is 4.79 Å². The van der Waals surface area contributed by atoms with Crippen molar-refractivity contribution in [2.24, 2.45) is 5.92 Å². The minimum atomic E-state index is -0.506. The number of hydrogen-bond donors (Lipinski definition) is 2. The van der Waals surface area contributed by atoms with Gasteiger partial charge in [0.15, 0.2) is 0 Å². The van der Waals surface area contributed by atoms with Gasteiger partial charge in [0, 0.05) is 54.3 Å². The fraction of sp³-hybridized carbons (Fsp3) is 0.400. The van der Waals surface area contributed by atoms with Crippen LogP contribution in [0, 0.1) is 5.92 Å². The molecule has 2 aliphatic heterocycles. The molecule has 0 atom stereocenters. The molecule has 4 aromatic rings. The van der Waals surface area contributed by atoms with Crippen molar-refractivity contribution in [1.29, 1.82) is 0 Å². The second-order valence-corrected chi connectivity index (χ2v) is 10.6. The highest BCUT2D eigenvalue weighted by molar-refractivity contribution is 5.88. The molecule has 2 fully saturated rings. The number of hydrogen-bond acceptors (Lipinski definition) is 5. The first-order chi connectivity index (χ1) is 18.0. The molecule has 2 N–H and O–H groups in total. The van der Waals surface area contributed by atoms with Gasteiger partial charge in [-0.25, -0.2) is 4.79 Å². The Balaban J connectivity index is 1.00. The molecule has 7 heteroatoms. The minimum Gasteiger partial charge on any atom is -0.508 e. The summed E-state index contributed by atoms with van der Waals surface area (Å²) in [6.45, 7) is 4.88. The number of nitrogens with zero attached hydrogens (tertiary/aromatic N) is 2. The summed E-state index contributed by atoms with van der Waals surface area (Å²) in [6, 6.07) is 14.6. The van der Waals surface area contributed by atoms with E-state index in [-0.39, 0.29) is 18.1 Å². The van der Waals surface area contributed by atoms with Crippen LogP contribution in [0.25, 0.3) is 21.9 Å². The molecule has 7 nitrogen and oxygen atoms in total. The van der Waals surface area contributed by atoms with E-state index in [1.54, 1.807) is 12.1 Å². The minimum absolute atomic E-state index is 0.0309. The van der Waals surface area contributed by atoms with Crippen molar-refractivity contribution in [3.05, 3.63) is 76.3 Å². The van der Waals surface area contributed by atoms with Gasteiger partial charge in [-0.1, -0.05) is 18.2 Å². The number of aromatic hydroxyl groups is 1. The summed E-state index contributed by atoms with van der Waals surface area (Å²) in [5, 5.41) is 11.7. The molecular weight excluding hydrogens is 466 g/mol. The zero-order valence-corrected chi connectivity index (χ0v) is 21.0. The summed E-state index contributed by atoms with van der Waals surface area (Å²) in [7, 11) is 0. The van der Waals surface area contributed by atoms with Crippen molar-refractivity contribution in [2.75, 3.05) is 32.7 Å². The topological polar surface area (TPSA) is 89.8 Å². The third-order valence-electron chi connectivity index (χ3n) is 8.29. The number of fused-ring (bicyclic) bond motifs is 2. The van der Waals surface area contributed by atoms with Crippen molar-refractivity contribution in [3.8, 4) is 5.75 Å². The molecule has 192 valence electrons. The Morgan fingerprint density at radius 2 is 1.76 bits per heavy atom. The van der Waals surface area contributed by atoms with Gasteiger partial charge in [0.2, 0.25) is 5.91 Å². The Kier molecular flexibility index (Phi) is 6.47. The van der Waals surface area contributed by atoms with Gasteiger partial charge in [0.1, 0.15) is 11.3 Å². The van der Waals surface area contributed by atoms with Crippen LogP contribution < -0.4 is 5.63 Å². The fourth-order valence-corrected chi connectivity index (χ4v) is 6.23. The molecule has 0 unspecified atom stereocenters. The van der Waals surface area contributed by atoms with Crippen LogP contribution in [0.4, 0.5) is 0 Å². The first-order valence-corrected chi connectivity index (χ1v) is 13.4. The number of H-pyrrole nitrogens is 1. The van der Waals surface area contributed by atoms with Crippen LogP contribution >= 0.6 is 0 Å². The molecule has 37 heavy (non-hydrogen) atoms. The number of aromatic amines is 1. The molecule has 4 heterocycles. The van der Waals surface area contributed by atoms with Crippen LogP contribution in [-0.4, -0.2) is 58.5 Å². The van der Waals surface area contributed by atoms with Crippen molar-refractivity contribution in [1.82, 2.24) is 14.8 Å². The third-order valence-corrected chi connectivity index (χ3v) is 8.29. The Hall–Kier alpha value is -3.58. The van der Waals surface area contributed by atoms with E-state index in [0.29, 0.717) is 28.4 Å². The van der Waals surface area contributed by atoms with Gasteiger partial charge in [-0.05, 0) is 79.9 Å². The largest absolute Gasteiger partial charge is 0.508 e. The fourth-order valence-electron chi connectivity index (χ4n) is 6.23. The molecule has 0 aliphatic carbocycles. The van der Waals surface area contributed by atoms with E-state index in [0.717, 1.165) is 45.6 Å². The number of amides is 1. The Morgan fingerprint density at radius 1 is 0.973 bits per heavy atom. The zero-order valence-electron chi connectivity index (χ0n) is 21.0. The summed E-state index contributed by atoms with van der Waals surface area (Å²) in [4.78, 5) is 33.0. The lowest BCUT2D eigenvalue weighted by atomic mass is 9.88. The van der Waals surface area contributed by atoms with E-state index >= 15 is 0 Å². The predicted octanol–water partition coefficient (Wildman–Crippen LogP) is 4.64. The summed E-state index contributed by atoms with van der Waals surface area (Å²) >= 11 is 0. The first kappa shape index (κ1) is 23.8. The number of nitrogens with one attached hydrogen (secondary N) is 1. The monoisotopic (exact) mass is 499 g/mol. The molecule has 2 saturated heterocycles. The summed E-state index contributed by atoms with van der Waals surface area (Å²) in [5.41, 5.74) is 3.14. The Labute approximate surface area is 215 Å². The molecule has 6 rings (SSSR count). The summed E-state index contributed by atoms with van der Waals surface area (Å²) in [6.07, 6.45) is 6.77. The smallest absolute Gasteiger partial charge is 0.336 e. The van der Waals surface area contributed by atoms with E-state index in [9.17, 15) is 14.7 Å². The van der Waals surface area contributed by atoms with Crippen LogP contribution in [-0.2, 0) is 11.2 Å². The van der Waals surface area contributed by atoms with Crippen LogP contribution in [0.15, 0.2) is 63.9 Å². The highest BCUT2D eigenvalue weighted by Gasteiger charge is 2.28. The van der Waals surface area contributed by atoms with Gasteiger partial charge in [0.25, 0.3) is 0 Å². The molecule has 1 amide bonds. The number of para-hydroxylation sites is 1. The Bertz CT molecular complexity index is 1470. The number of likely N-dealkylation sites (tertiary alicyclic amines) is 2. The van der Waals surface area contributed by atoms with Gasteiger partial charge in [-0.15, -0.1) is 0 Å². The molecule has 2 aromatic carbocycles. The normalized spacial score (nSPS) is 18.1. The first-order valence-electron chi connectivity index (χ1n) is 13.4. The van der Waals surface area contributed by atoms with E-state index < -0.39 is 5.63 Å². The highest BCUT2D eigenvalue weighted by Crippen LogP contribution is 2.34. The number of carbonyl (C=O) groups excluding carboxylic acids is 1. The number of aromatic nitrogens is 1. The molecule has 0 spiro atoms. The van der Waals surface area contributed by atoms with Gasteiger partial charge in [-0.2, -0.15) is 0 Å². The number of carbonyl (C=O) groups is 1. The van der Waals surface area contributed by atoms with Crippen LogP contribution in [0.3, 0.4) is 0 Å².